The van der Waals surface area contributed by atoms with Gasteiger partial charge >= 0.3 is 0 Å². The van der Waals surface area contributed by atoms with Crippen LogP contribution in [0.1, 0.15) is 18.4 Å². The van der Waals surface area contributed by atoms with E-state index in [1.54, 1.807) is 4.90 Å². The van der Waals surface area contributed by atoms with E-state index in [0.29, 0.717) is 18.7 Å². The van der Waals surface area contributed by atoms with Gasteiger partial charge in [-0.05, 0) is 36.6 Å². The molecule has 0 aliphatic carbocycles. The number of hydrogen-bond donors (Lipinski definition) is 1. The molecule has 6 heteroatoms. The van der Waals surface area contributed by atoms with Crippen molar-refractivity contribution in [2.45, 2.75) is 12.8 Å². The second-order valence-electron chi connectivity index (χ2n) is 4.50. The predicted molar refractivity (Wildman–Crippen MR) is 77.5 cm³/mol. The van der Waals surface area contributed by atoms with Crippen LogP contribution in [0.3, 0.4) is 0 Å². The molecule has 1 aliphatic heterocycles. The molecule has 0 unspecified atom stereocenters. The second-order valence-corrected chi connectivity index (χ2v) is 5.32. The number of carbonyl (C=O) groups excluding carboxylic acids is 1. The van der Waals surface area contributed by atoms with Crippen LogP contribution in [-0.4, -0.2) is 29.0 Å². The lowest BCUT2D eigenvalue weighted by Crippen LogP contribution is -2.28. The standard InChI is InChI=1S/C14H12Cl2N2O2/c15-11-6-9(7-12(16)13(11)19)5-10(8-17)14(20)18-3-1-2-4-18/h5-7,19H,1-4H2/b10-5+. The Kier molecular flexibility index (Phi) is 4.53. The lowest BCUT2D eigenvalue weighted by Gasteiger charge is -2.14. The van der Waals surface area contributed by atoms with E-state index in [4.69, 9.17) is 28.5 Å². The van der Waals surface area contributed by atoms with Crippen LogP contribution in [0.4, 0.5) is 0 Å². The summed E-state index contributed by atoms with van der Waals surface area (Å²) in [6.45, 7) is 1.35. The van der Waals surface area contributed by atoms with Gasteiger partial charge in [0.2, 0.25) is 0 Å². The Morgan fingerprint density at radius 3 is 2.35 bits per heavy atom. The number of halogens is 2. The summed E-state index contributed by atoms with van der Waals surface area (Å²) in [7, 11) is 0. The number of phenols is 1. The number of phenolic OH excluding ortho intramolecular Hbond substituents is 1. The maximum atomic E-state index is 12.1. The zero-order valence-electron chi connectivity index (χ0n) is 10.6. The second kappa shape index (κ2) is 6.17. The fourth-order valence-electron chi connectivity index (χ4n) is 2.07. The molecule has 1 N–H and O–H groups in total. The van der Waals surface area contributed by atoms with Gasteiger partial charge in [0.15, 0.2) is 5.75 Å². The van der Waals surface area contributed by atoms with Gasteiger partial charge in [0.25, 0.3) is 5.91 Å². The molecule has 2 rings (SSSR count). The van der Waals surface area contributed by atoms with Gasteiger partial charge in [0.05, 0.1) is 10.0 Å². The number of carbonyl (C=O) groups is 1. The highest BCUT2D eigenvalue weighted by Crippen LogP contribution is 2.33. The van der Waals surface area contributed by atoms with E-state index < -0.39 is 0 Å². The summed E-state index contributed by atoms with van der Waals surface area (Å²) < 4.78 is 0. The van der Waals surface area contributed by atoms with Crippen molar-refractivity contribution in [3.8, 4) is 11.8 Å². The van der Waals surface area contributed by atoms with Gasteiger partial charge in [-0.1, -0.05) is 23.2 Å². The van der Waals surface area contributed by atoms with Crippen molar-refractivity contribution in [1.29, 1.82) is 5.26 Å². The lowest BCUT2D eigenvalue weighted by atomic mass is 10.1. The SMILES string of the molecule is N#C/C(=C\c1cc(Cl)c(O)c(Cl)c1)C(=O)N1CCCC1. The molecule has 0 radical (unpaired) electrons. The van der Waals surface area contributed by atoms with Crippen LogP contribution in [0.15, 0.2) is 17.7 Å². The minimum Gasteiger partial charge on any atom is -0.505 e. The smallest absolute Gasteiger partial charge is 0.264 e. The first kappa shape index (κ1) is 14.7. The highest BCUT2D eigenvalue weighted by Gasteiger charge is 2.21. The molecule has 1 aliphatic rings. The minimum absolute atomic E-state index is 0.0322. The predicted octanol–water partition coefficient (Wildman–Crippen LogP) is 3.23. The number of amides is 1. The largest absolute Gasteiger partial charge is 0.505 e. The van der Waals surface area contributed by atoms with Crippen LogP contribution in [0.5, 0.6) is 5.75 Å². The summed E-state index contributed by atoms with van der Waals surface area (Å²) >= 11 is 11.6. The van der Waals surface area contributed by atoms with E-state index in [-0.39, 0.29) is 27.3 Å². The highest BCUT2D eigenvalue weighted by atomic mass is 35.5. The Morgan fingerprint density at radius 1 is 1.30 bits per heavy atom. The van der Waals surface area contributed by atoms with Crippen LogP contribution in [0.25, 0.3) is 6.08 Å². The fourth-order valence-corrected chi connectivity index (χ4v) is 2.57. The Labute approximate surface area is 126 Å². The van der Waals surface area contributed by atoms with E-state index in [1.165, 1.54) is 18.2 Å². The van der Waals surface area contributed by atoms with Crippen LogP contribution in [-0.2, 0) is 4.79 Å². The lowest BCUT2D eigenvalue weighted by molar-refractivity contribution is -0.125. The molecule has 0 aromatic heterocycles. The molecule has 1 aromatic rings. The van der Waals surface area contributed by atoms with Crippen molar-refractivity contribution in [3.63, 3.8) is 0 Å². The maximum absolute atomic E-state index is 12.1. The van der Waals surface area contributed by atoms with Gasteiger partial charge in [-0.25, -0.2) is 0 Å². The molecule has 1 aromatic carbocycles. The number of aromatic hydroxyl groups is 1. The first-order valence-corrected chi connectivity index (χ1v) is 6.87. The summed E-state index contributed by atoms with van der Waals surface area (Å²) in [5.41, 5.74) is 0.534. The zero-order valence-corrected chi connectivity index (χ0v) is 12.1. The third kappa shape index (κ3) is 3.06. The first-order valence-electron chi connectivity index (χ1n) is 6.12. The molecule has 0 bridgehead atoms. The summed E-state index contributed by atoms with van der Waals surface area (Å²) in [5, 5.41) is 18.8. The normalized spacial score (nSPS) is 15.2. The molecule has 1 heterocycles. The molecule has 4 nitrogen and oxygen atoms in total. The van der Waals surface area contributed by atoms with E-state index in [9.17, 15) is 9.90 Å². The Morgan fingerprint density at radius 2 is 1.85 bits per heavy atom. The third-order valence-corrected chi connectivity index (χ3v) is 3.67. The molecule has 1 saturated heterocycles. The first-order chi connectivity index (χ1) is 9.52. The molecular weight excluding hydrogens is 299 g/mol. The summed E-state index contributed by atoms with van der Waals surface area (Å²) in [6.07, 6.45) is 3.35. The Balaban J connectivity index is 2.31. The van der Waals surface area contributed by atoms with Gasteiger partial charge in [0, 0.05) is 13.1 Å². The molecule has 1 amide bonds. The van der Waals surface area contributed by atoms with Crippen LogP contribution in [0.2, 0.25) is 10.0 Å². The van der Waals surface area contributed by atoms with Crippen molar-refractivity contribution in [1.82, 2.24) is 4.90 Å². The monoisotopic (exact) mass is 310 g/mol. The van der Waals surface area contributed by atoms with Crippen molar-refractivity contribution < 1.29 is 9.90 Å². The minimum atomic E-state index is -0.287. The highest BCUT2D eigenvalue weighted by molar-refractivity contribution is 6.37. The topological polar surface area (TPSA) is 64.3 Å². The average Bonchev–Trinajstić information content (AvgIpc) is 2.95. The fraction of sp³-hybridized carbons (Fsp3) is 0.286. The summed E-state index contributed by atoms with van der Waals surface area (Å²) in [6, 6.07) is 4.81. The van der Waals surface area contributed by atoms with E-state index in [2.05, 4.69) is 0 Å². The Bertz CT molecular complexity index is 591. The molecule has 0 saturated carbocycles. The van der Waals surface area contributed by atoms with Gasteiger partial charge in [-0.2, -0.15) is 5.26 Å². The van der Waals surface area contributed by atoms with E-state index in [0.717, 1.165) is 12.8 Å². The third-order valence-electron chi connectivity index (χ3n) is 3.09. The molecular formula is C14H12Cl2N2O2. The summed E-state index contributed by atoms with van der Waals surface area (Å²) in [4.78, 5) is 13.8. The van der Waals surface area contributed by atoms with Crippen LogP contribution < -0.4 is 0 Å². The van der Waals surface area contributed by atoms with Crippen molar-refractivity contribution in [2.75, 3.05) is 13.1 Å². The number of hydrogen-bond acceptors (Lipinski definition) is 3. The van der Waals surface area contributed by atoms with Crippen molar-refractivity contribution >= 4 is 35.2 Å². The van der Waals surface area contributed by atoms with E-state index in [1.807, 2.05) is 6.07 Å². The number of nitrogens with zero attached hydrogens (tertiary/aromatic N) is 2. The molecule has 0 atom stereocenters. The Hall–Kier alpha value is -1.70. The van der Waals surface area contributed by atoms with E-state index >= 15 is 0 Å². The van der Waals surface area contributed by atoms with Crippen molar-refractivity contribution in [2.24, 2.45) is 0 Å². The van der Waals surface area contributed by atoms with Crippen molar-refractivity contribution in [3.05, 3.63) is 33.3 Å². The average molecular weight is 311 g/mol. The zero-order chi connectivity index (χ0) is 14.7. The van der Waals surface area contributed by atoms with Crippen LogP contribution in [0, 0.1) is 11.3 Å². The number of nitriles is 1. The van der Waals surface area contributed by atoms with Gasteiger partial charge in [0.1, 0.15) is 11.6 Å². The van der Waals surface area contributed by atoms with Crippen LogP contribution >= 0.6 is 23.2 Å². The number of benzene rings is 1. The molecule has 1 fully saturated rings. The number of likely N-dealkylation sites (tertiary alicyclic amines) is 1. The van der Waals surface area contributed by atoms with Gasteiger partial charge < -0.3 is 10.0 Å². The summed E-state index contributed by atoms with van der Waals surface area (Å²) in [5.74, 6) is -0.500. The quantitative estimate of drug-likeness (QED) is 0.673. The molecule has 20 heavy (non-hydrogen) atoms. The van der Waals surface area contributed by atoms with Gasteiger partial charge in [-0.15, -0.1) is 0 Å². The molecule has 104 valence electrons. The maximum Gasteiger partial charge on any atom is 0.264 e. The molecule has 0 spiro atoms. The number of rotatable bonds is 2. The van der Waals surface area contributed by atoms with Gasteiger partial charge in [-0.3, -0.25) is 4.79 Å².